The first kappa shape index (κ1) is 20.4. The highest BCUT2D eigenvalue weighted by Crippen LogP contribution is 2.38. The lowest BCUT2D eigenvalue weighted by molar-refractivity contribution is 0.240. The largest absolute Gasteiger partial charge is 0.493 e. The minimum atomic E-state index is -0.0575. The minimum Gasteiger partial charge on any atom is -0.493 e. The molecular weight excluding hydrogens is 384 g/mol. The molecule has 3 heterocycles. The van der Waals surface area contributed by atoms with Crippen LogP contribution < -0.4 is 19.8 Å². The van der Waals surface area contributed by atoms with E-state index < -0.39 is 0 Å². The lowest BCUT2D eigenvalue weighted by Crippen LogP contribution is -2.36. The molecule has 2 aliphatic rings. The Morgan fingerprint density at radius 2 is 1.83 bits per heavy atom. The molecule has 1 aromatic carbocycles. The van der Waals surface area contributed by atoms with Gasteiger partial charge in [0.2, 0.25) is 5.75 Å². The van der Waals surface area contributed by atoms with Crippen molar-refractivity contribution in [2.75, 3.05) is 34.4 Å². The van der Waals surface area contributed by atoms with Crippen LogP contribution in [-0.4, -0.2) is 55.0 Å². The summed E-state index contributed by atoms with van der Waals surface area (Å²) in [6, 6.07) is 3.90. The first-order valence-electron chi connectivity index (χ1n) is 10.3. The van der Waals surface area contributed by atoms with Gasteiger partial charge in [-0.15, -0.1) is 0 Å². The highest BCUT2D eigenvalue weighted by molar-refractivity contribution is 5.97. The van der Waals surface area contributed by atoms with Gasteiger partial charge in [-0.25, -0.2) is 4.98 Å². The molecule has 0 bridgehead atoms. The highest BCUT2D eigenvalue weighted by atomic mass is 16.5. The maximum Gasteiger partial charge on any atom is 0.255 e. The van der Waals surface area contributed by atoms with Gasteiger partial charge in [-0.2, -0.15) is 0 Å². The number of aliphatic imine (C=N–C) groups is 1. The number of rotatable bonds is 6. The maximum atomic E-state index is 12.8. The number of H-pyrrole nitrogens is 1. The summed E-state index contributed by atoms with van der Waals surface area (Å²) in [5.74, 6) is 2.48. The van der Waals surface area contributed by atoms with Crippen LogP contribution in [0.2, 0.25) is 0 Å². The Labute approximate surface area is 175 Å². The molecule has 8 nitrogen and oxygen atoms in total. The third kappa shape index (κ3) is 4.05. The summed E-state index contributed by atoms with van der Waals surface area (Å²) in [5.41, 5.74) is 3.54. The second kappa shape index (κ2) is 8.87. The van der Waals surface area contributed by atoms with Crippen LogP contribution in [-0.2, 0) is 19.5 Å². The van der Waals surface area contributed by atoms with Crippen LogP contribution in [0, 0.1) is 0 Å². The van der Waals surface area contributed by atoms with Crippen LogP contribution in [0.3, 0.4) is 0 Å². The van der Waals surface area contributed by atoms with Gasteiger partial charge in [0.1, 0.15) is 0 Å². The zero-order chi connectivity index (χ0) is 21.1. The summed E-state index contributed by atoms with van der Waals surface area (Å²) in [6.45, 7) is 2.87. The Bertz CT molecular complexity index is 990. The van der Waals surface area contributed by atoms with Crippen molar-refractivity contribution in [3.8, 4) is 17.2 Å². The van der Waals surface area contributed by atoms with Crippen LogP contribution in [0.4, 0.5) is 0 Å². The Morgan fingerprint density at radius 3 is 2.47 bits per heavy atom. The smallest absolute Gasteiger partial charge is 0.255 e. The van der Waals surface area contributed by atoms with Crippen molar-refractivity contribution in [2.45, 2.75) is 38.8 Å². The summed E-state index contributed by atoms with van der Waals surface area (Å²) in [6.07, 6.45) is 3.83. The lowest BCUT2D eigenvalue weighted by Gasteiger charge is -2.28. The molecule has 0 amide bonds. The molecule has 0 fully saturated rings. The highest BCUT2D eigenvalue weighted by Gasteiger charge is 2.23. The molecule has 0 saturated carbocycles. The van der Waals surface area contributed by atoms with Gasteiger partial charge in [0.05, 0.1) is 38.3 Å². The number of fused-ring (bicyclic) bond motifs is 1. The van der Waals surface area contributed by atoms with Crippen molar-refractivity contribution in [3.63, 3.8) is 0 Å². The summed E-state index contributed by atoms with van der Waals surface area (Å²) in [7, 11) is 4.81. The van der Waals surface area contributed by atoms with Crippen molar-refractivity contribution < 1.29 is 14.2 Å². The van der Waals surface area contributed by atoms with E-state index in [1.807, 2.05) is 12.1 Å². The van der Waals surface area contributed by atoms with Crippen molar-refractivity contribution in [2.24, 2.45) is 4.99 Å². The molecule has 0 atom stereocenters. The van der Waals surface area contributed by atoms with E-state index in [0.29, 0.717) is 36.2 Å². The standard InChI is InChI=1S/C22H28N4O4/c1-28-18-10-14(11-19(29-2)20(18)30-3)12-26-9-7-16-15(13-26)22(27)25-21(24-16)17-6-4-5-8-23-17/h10-11H,4-9,12-13H2,1-3H3,(H,24,25,27). The van der Waals surface area contributed by atoms with E-state index in [0.717, 1.165) is 61.3 Å². The average Bonchev–Trinajstić information content (AvgIpc) is 2.79. The number of aromatic nitrogens is 2. The lowest BCUT2D eigenvalue weighted by atomic mass is 10.0. The molecule has 0 spiro atoms. The van der Waals surface area contributed by atoms with Gasteiger partial charge >= 0.3 is 0 Å². The Hall–Kier alpha value is -2.87. The van der Waals surface area contributed by atoms with Crippen molar-refractivity contribution in [1.82, 2.24) is 14.9 Å². The Balaban J connectivity index is 1.55. The SMILES string of the molecule is COc1cc(CN2CCc3nc(C4=NCCCC4)[nH]c(=O)c3C2)cc(OC)c1OC. The van der Waals surface area contributed by atoms with E-state index in [2.05, 4.69) is 14.9 Å². The molecule has 0 radical (unpaired) electrons. The molecule has 0 aliphatic carbocycles. The third-order valence-corrected chi connectivity index (χ3v) is 5.68. The van der Waals surface area contributed by atoms with Gasteiger partial charge in [0.25, 0.3) is 5.56 Å². The molecule has 1 N–H and O–H groups in total. The first-order chi connectivity index (χ1) is 14.6. The van der Waals surface area contributed by atoms with Crippen molar-refractivity contribution in [3.05, 3.63) is 45.1 Å². The fourth-order valence-electron chi connectivity index (χ4n) is 4.13. The Kier molecular flexibility index (Phi) is 6.03. The molecule has 2 aliphatic heterocycles. The second-order valence-electron chi connectivity index (χ2n) is 7.62. The van der Waals surface area contributed by atoms with Crippen molar-refractivity contribution >= 4 is 5.71 Å². The van der Waals surface area contributed by atoms with Crippen molar-refractivity contribution in [1.29, 1.82) is 0 Å². The fraction of sp³-hybridized carbons (Fsp3) is 0.500. The Morgan fingerprint density at radius 1 is 1.07 bits per heavy atom. The number of nitrogens with zero attached hydrogens (tertiary/aromatic N) is 3. The predicted molar refractivity (Wildman–Crippen MR) is 114 cm³/mol. The van der Waals surface area contributed by atoms with Gasteiger partial charge in [0.15, 0.2) is 17.3 Å². The van der Waals surface area contributed by atoms with Crippen LogP contribution in [0.1, 0.15) is 41.9 Å². The summed E-state index contributed by atoms with van der Waals surface area (Å²) < 4.78 is 16.3. The van der Waals surface area contributed by atoms with Crippen LogP contribution >= 0.6 is 0 Å². The molecular formula is C22H28N4O4. The van der Waals surface area contributed by atoms with E-state index in [1.165, 1.54) is 0 Å². The van der Waals surface area contributed by atoms with E-state index in [4.69, 9.17) is 19.2 Å². The molecule has 1 aromatic heterocycles. The third-order valence-electron chi connectivity index (χ3n) is 5.68. The monoisotopic (exact) mass is 412 g/mol. The van der Waals surface area contributed by atoms with Crippen LogP contribution in [0.5, 0.6) is 17.2 Å². The zero-order valence-electron chi connectivity index (χ0n) is 17.8. The van der Waals surface area contributed by atoms with Gasteiger partial charge in [-0.1, -0.05) is 0 Å². The van der Waals surface area contributed by atoms with Crippen LogP contribution in [0.25, 0.3) is 0 Å². The summed E-state index contributed by atoms with van der Waals surface area (Å²) in [4.78, 5) is 27.3. The molecule has 0 saturated heterocycles. The van der Waals surface area contributed by atoms with Crippen LogP contribution in [0.15, 0.2) is 21.9 Å². The quantitative estimate of drug-likeness (QED) is 0.783. The second-order valence-corrected chi connectivity index (χ2v) is 7.62. The van der Waals surface area contributed by atoms with E-state index in [9.17, 15) is 4.79 Å². The number of benzene rings is 1. The number of methoxy groups -OCH3 is 3. The normalized spacial score (nSPS) is 16.6. The zero-order valence-corrected chi connectivity index (χ0v) is 17.8. The molecule has 0 unspecified atom stereocenters. The molecule has 30 heavy (non-hydrogen) atoms. The average molecular weight is 412 g/mol. The van der Waals surface area contributed by atoms with E-state index in [1.54, 1.807) is 21.3 Å². The van der Waals surface area contributed by atoms with Gasteiger partial charge in [0, 0.05) is 32.6 Å². The van der Waals surface area contributed by atoms with E-state index >= 15 is 0 Å². The number of hydrogen-bond acceptors (Lipinski definition) is 7. The molecule has 8 heteroatoms. The maximum absolute atomic E-state index is 12.8. The predicted octanol–water partition coefficient (Wildman–Crippen LogP) is 2.33. The fourth-order valence-corrected chi connectivity index (χ4v) is 4.13. The topological polar surface area (TPSA) is 89.0 Å². The molecule has 4 rings (SSSR count). The van der Waals surface area contributed by atoms with Gasteiger partial charge in [-0.05, 0) is 37.0 Å². The summed E-state index contributed by atoms with van der Waals surface area (Å²) in [5, 5.41) is 0. The molecule has 2 aromatic rings. The summed E-state index contributed by atoms with van der Waals surface area (Å²) >= 11 is 0. The minimum absolute atomic E-state index is 0.0575. The van der Waals surface area contributed by atoms with E-state index in [-0.39, 0.29) is 5.56 Å². The number of ether oxygens (including phenoxy) is 3. The number of hydrogen-bond donors (Lipinski definition) is 1. The number of nitrogens with one attached hydrogen (secondary N) is 1. The van der Waals surface area contributed by atoms with Gasteiger partial charge < -0.3 is 19.2 Å². The van der Waals surface area contributed by atoms with Gasteiger partial charge in [-0.3, -0.25) is 14.7 Å². The number of aromatic amines is 1. The molecule has 160 valence electrons. The first-order valence-corrected chi connectivity index (χ1v) is 10.3.